The van der Waals surface area contributed by atoms with Gasteiger partial charge in [-0.1, -0.05) is 0 Å². The highest BCUT2D eigenvalue weighted by Gasteiger charge is 2.25. The Balaban J connectivity index is 1.86. The van der Waals surface area contributed by atoms with Gasteiger partial charge in [-0.2, -0.15) is 0 Å². The molecule has 0 aromatic heterocycles. The summed E-state index contributed by atoms with van der Waals surface area (Å²) in [5.41, 5.74) is 0. The predicted molar refractivity (Wildman–Crippen MR) is 58.9 cm³/mol. The second-order valence-corrected chi connectivity index (χ2v) is 4.24. The summed E-state index contributed by atoms with van der Waals surface area (Å²) in [6.07, 6.45) is 2.49. The van der Waals surface area contributed by atoms with Crippen LogP contribution >= 0.6 is 0 Å². The van der Waals surface area contributed by atoms with E-state index in [0.717, 1.165) is 19.6 Å². The molecule has 0 bridgehead atoms. The van der Waals surface area contributed by atoms with Crippen molar-refractivity contribution in [2.75, 3.05) is 19.6 Å². The smallest absolute Gasteiger partial charge is 0.301 e. The molecule has 0 aromatic carbocycles. The molecular weight excluding hydrogens is 208 g/mol. The first-order valence-corrected chi connectivity index (χ1v) is 5.57. The molecule has 0 saturated carbocycles. The van der Waals surface area contributed by atoms with Crippen molar-refractivity contribution in [2.24, 2.45) is 4.99 Å². The topological polar surface area (TPSA) is 73.8 Å². The third kappa shape index (κ3) is 2.57. The molecule has 0 aliphatic carbocycles. The monoisotopic (exact) mass is 224 g/mol. The van der Waals surface area contributed by atoms with Gasteiger partial charge in [-0.15, -0.1) is 0 Å². The van der Waals surface area contributed by atoms with E-state index in [2.05, 4.69) is 20.5 Å². The largest absolute Gasteiger partial charge is 0.316 e. The van der Waals surface area contributed by atoms with E-state index in [-0.39, 0.29) is 12.0 Å². The van der Waals surface area contributed by atoms with Gasteiger partial charge in [-0.05, 0) is 32.9 Å². The molecule has 6 heteroatoms. The van der Waals surface area contributed by atoms with Crippen LogP contribution in [0.5, 0.6) is 0 Å². The number of nitrogens with one attached hydrogen (secondary N) is 2. The van der Waals surface area contributed by atoms with Gasteiger partial charge in [0, 0.05) is 6.54 Å². The summed E-state index contributed by atoms with van der Waals surface area (Å²) in [4.78, 5) is 28.4. The fourth-order valence-electron chi connectivity index (χ4n) is 2.02. The number of guanidine groups is 1. The van der Waals surface area contributed by atoms with E-state index in [1.165, 1.54) is 12.8 Å². The Bertz CT molecular complexity index is 316. The van der Waals surface area contributed by atoms with Gasteiger partial charge in [0.1, 0.15) is 0 Å². The minimum Gasteiger partial charge on any atom is -0.301 e. The number of carbonyl (C=O) groups excluding carboxylic acids is 2. The highest BCUT2D eigenvalue weighted by molar-refractivity contribution is 6.45. The number of carbonyl (C=O) groups is 2. The van der Waals surface area contributed by atoms with Crippen LogP contribution in [0.25, 0.3) is 0 Å². The van der Waals surface area contributed by atoms with Gasteiger partial charge in [-0.25, -0.2) is 4.99 Å². The van der Waals surface area contributed by atoms with Crippen LogP contribution in [0.15, 0.2) is 4.99 Å². The van der Waals surface area contributed by atoms with Crippen molar-refractivity contribution >= 4 is 17.8 Å². The Hall–Kier alpha value is -1.43. The Kier molecular flexibility index (Phi) is 3.19. The third-order valence-corrected chi connectivity index (χ3v) is 2.74. The fraction of sp³-hybridized carbons (Fsp3) is 0.700. The summed E-state index contributed by atoms with van der Waals surface area (Å²) in [6, 6.07) is 0.0757. The van der Waals surface area contributed by atoms with Crippen molar-refractivity contribution in [1.82, 2.24) is 15.5 Å². The summed E-state index contributed by atoms with van der Waals surface area (Å²) in [6.45, 7) is 5.08. The molecule has 2 rings (SSSR count). The molecule has 6 nitrogen and oxygen atoms in total. The van der Waals surface area contributed by atoms with Crippen LogP contribution in [0.4, 0.5) is 0 Å². The zero-order chi connectivity index (χ0) is 11.5. The van der Waals surface area contributed by atoms with E-state index in [4.69, 9.17) is 0 Å². The summed E-state index contributed by atoms with van der Waals surface area (Å²) >= 11 is 0. The molecule has 0 spiro atoms. The van der Waals surface area contributed by atoms with E-state index in [0.29, 0.717) is 0 Å². The molecule has 2 N–H and O–H groups in total. The molecule has 88 valence electrons. The van der Waals surface area contributed by atoms with Crippen molar-refractivity contribution in [1.29, 1.82) is 0 Å². The fourth-order valence-corrected chi connectivity index (χ4v) is 2.02. The van der Waals surface area contributed by atoms with Gasteiger partial charge >= 0.3 is 11.8 Å². The molecule has 1 atom stereocenters. The molecule has 2 aliphatic heterocycles. The highest BCUT2D eigenvalue weighted by atomic mass is 16.2. The van der Waals surface area contributed by atoms with Crippen LogP contribution < -0.4 is 10.6 Å². The zero-order valence-electron chi connectivity index (χ0n) is 9.32. The van der Waals surface area contributed by atoms with Crippen LogP contribution in [0.2, 0.25) is 0 Å². The molecular formula is C10H16N4O2. The SMILES string of the molecule is CC(CN1CCCC1)N=C1NC(=O)C(=O)N1. The zero-order valence-corrected chi connectivity index (χ0v) is 9.32. The summed E-state index contributed by atoms with van der Waals surface area (Å²) in [5.74, 6) is -0.985. The number of hydrogen-bond acceptors (Lipinski definition) is 4. The first kappa shape index (κ1) is 11.1. The average Bonchev–Trinajstić information content (AvgIpc) is 2.78. The molecule has 2 fully saturated rings. The van der Waals surface area contributed by atoms with Crippen molar-refractivity contribution in [3.63, 3.8) is 0 Å². The second-order valence-electron chi connectivity index (χ2n) is 4.24. The lowest BCUT2D eigenvalue weighted by Gasteiger charge is -2.17. The Morgan fingerprint density at radius 1 is 1.25 bits per heavy atom. The highest BCUT2D eigenvalue weighted by Crippen LogP contribution is 2.08. The second kappa shape index (κ2) is 4.61. The molecule has 2 saturated heterocycles. The Morgan fingerprint density at radius 2 is 1.81 bits per heavy atom. The minimum absolute atomic E-state index is 0.0757. The van der Waals surface area contributed by atoms with Crippen LogP contribution in [-0.2, 0) is 9.59 Å². The van der Waals surface area contributed by atoms with Crippen LogP contribution in [-0.4, -0.2) is 48.3 Å². The van der Waals surface area contributed by atoms with E-state index in [9.17, 15) is 9.59 Å². The number of nitrogens with zero attached hydrogens (tertiary/aromatic N) is 2. The van der Waals surface area contributed by atoms with Gasteiger partial charge in [0.05, 0.1) is 6.04 Å². The van der Waals surface area contributed by atoms with E-state index in [1.807, 2.05) is 6.92 Å². The summed E-state index contributed by atoms with van der Waals surface area (Å²) < 4.78 is 0. The quantitative estimate of drug-likeness (QED) is 0.608. The van der Waals surface area contributed by atoms with Crippen LogP contribution in [0.3, 0.4) is 0 Å². The van der Waals surface area contributed by atoms with E-state index >= 15 is 0 Å². The maximum Gasteiger partial charge on any atom is 0.316 e. The van der Waals surface area contributed by atoms with Crippen molar-refractivity contribution in [2.45, 2.75) is 25.8 Å². The van der Waals surface area contributed by atoms with Crippen LogP contribution in [0, 0.1) is 0 Å². The predicted octanol–water partition coefficient (Wildman–Crippen LogP) is -0.927. The van der Waals surface area contributed by atoms with Crippen molar-refractivity contribution < 1.29 is 9.59 Å². The Morgan fingerprint density at radius 3 is 2.38 bits per heavy atom. The lowest BCUT2D eigenvalue weighted by molar-refractivity contribution is -0.135. The standard InChI is InChI=1S/C10H16N4O2/c1-7(6-14-4-2-3-5-14)11-10-12-8(15)9(16)13-10/h7H,2-6H2,1H3,(H2,11,12,13,15,16). The maximum absolute atomic E-state index is 10.9. The van der Waals surface area contributed by atoms with Gasteiger partial charge in [0.15, 0.2) is 0 Å². The lowest BCUT2D eigenvalue weighted by Crippen LogP contribution is -2.32. The molecule has 16 heavy (non-hydrogen) atoms. The number of hydrogen-bond donors (Lipinski definition) is 2. The number of aliphatic imine (C=N–C) groups is 1. The molecule has 2 aliphatic rings. The molecule has 2 heterocycles. The van der Waals surface area contributed by atoms with E-state index < -0.39 is 11.8 Å². The first-order valence-electron chi connectivity index (χ1n) is 5.57. The average molecular weight is 224 g/mol. The van der Waals surface area contributed by atoms with E-state index in [1.54, 1.807) is 0 Å². The molecule has 0 aromatic rings. The lowest BCUT2D eigenvalue weighted by atomic mass is 10.3. The van der Waals surface area contributed by atoms with Crippen molar-refractivity contribution in [3.8, 4) is 0 Å². The van der Waals surface area contributed by atoms with Crippen LogP contribution in [0.1, 0.15) is 19.8 Å². The summed E-state index contributed by atoms with van der Waals surface area (Å²) in [7, 11) is 0. The number of rotatable bonds is 3. The van der Waals surface area contributed by atoms with Gasteiger partial charge < -0.3 is 4.90 Å². The van der Waals surface area contributed by atoms with Crippen molar-refractivity contribution in [3.05, 3.63) is 0 Å². The normalized spacial score (nSPS) is 23.2. The molecule has 0 radical (unpaired) electrons. The Labute approximate surface area is 94.1 Å². The number of likely N-dealkylation sites (tertiary alicyclic amines) is 1. The minimum atomic E-state index is -0.632. The van der Waals surface area contributed by atoms with Gasteiger partial charge in [-0.3, -0.25) is 20.2 Å². The third-order valence-electron chi connectivity index (χ3n) is 2.74. The first-order chi connectivity index (χ1) is 7.65. The van der Waals surface area contributed by atoms with Gasteiger partial charge in [0.25, 0.3) is 0 Å². The van der Waals surface area contributed by atoms with Gasteiger partial charge in [0.2, 0.25) is 5.96 Å². The molecule has 2 amide bonds. The maximum atomic E-state index is 10.9. The molecule has 1 unspecified atom stereocenters. The summed E-state index contributed by atoms with van der Waals surface area (Å²) in [5, 5.41) is 4.78. The number of amides is 2.